The third-order valence-electron chi connectivity index (χ3n) is 5.34. The monoisotopic (exact) mass is 408 g/mol. The van der Waals surface area contributed by atoms with E-state index in [2.05, 4.69) is 4.98 Å². The highest BCUT2D eigenvalue weighted by Gasteiger charge is 2.45. The van der Waals surface area contributed by atoms with Gasteiger partial charge in [-0.25, -0.2) is 0 Å². The topological polar surface area (TPSA) is 79.7 Å². The minimum atomic E-state index is -0.669. The van der Waals surface area contributed by atoms with Crippen LogP contribution >= 0.6 is 0 Å². The van der Waals surface area contributed by atoms with Crippen LogP contribution in [0.15, 0.2) is 48.3 Å². The van der Waals surface area contributed by atoms with Crippen molar-refractivity contribution < 1.29 is 19.4 Å². The van der Waals surface area contributed by atoms with Gasteiger partial charge in [0.1, 0.15) is 5.76 Å². The molecule has 0 aliphatic carbocycles. The van der Waals surface area contributed by atoms with Crippen molar-refractivity contribution in [2.75, 3.05) is 13.2 Å². The minimum absolute atomic E-state index is 0.0983. The van der Waals surface area contributed by atoms with Gasteiger partial charge < -0.3 is 14.7 Å². The number of hydrogen-bond donors (Lipinski definition) is 1. The molecule has 2 aromatic rings. The number of ether oxygens (including phenoxy) is 1. The molecule has 30 heavy (non-hydrogen) atoms. The number of pyridine rings is 1. The zero-order chi connectivity index (χ0) is 21.8. The summed E-state index contributed by atoms with van der Waals surface area (Å²) >= 11 is 0. The van der Waals surface area contributed by atoms with Crippen LogP contribution in [0.1, 0.15) is 48.6 Å². The van der Waals surface area contributed by atoms with E-state index in [4.69, 9.17) is 4.74 Å². The first-order chi connectivity index (χ1) is 14.3. The summed E-state index contributed by atoms with van der Waals surface area (Å²) in [5, 5.41) is 11.1. The molecule has 1 aromatic heterocycles. The third-order valence-corrected chi connectivity index (χ3v) is 5.34. The van der Waals surface area contributed by atoms with E-state index in [0.717, 1.165) is 16.7 Å². The molecule has 6 nitrogen and oxygen atoms in total. The first kappa shape index (κ1) is 21.7. The molecule has 1 aromatic carbocycles. The Hall–Kier alpha value is -2.99. The summed E-state index contributed by atoms with van der Waals surface area (Å²) in [5.74, 6) is -1.43. The molecular formula is C24H28N2O4. The molecule has 1 unspecified atom stereocenters. The maximum atomic E-state index is 13.0. The van der Waals surface area contributed by atoms with Gasteiger partial charge in [-0.3, -0.25) is 14.6 Å². The summed E-state index contributed by atoms with van der Waals surface area (Å²) < 4.78 is 5.58. The summed E-state index contributed by atoms with van der Waals surface area (Å²) in [6, 6.07) is 8.37. The highest BCUT2D eigenvalue weighted by Crippen LogP contribution is 2.39. The van der Waals surface area contributed by atoms with Gasteiger partial charge >= 0.3 is 0 Å². The summed E-state index contributed by atoms with van der Waals surface area (Å²) in [5.41, 5.74) is 3.46. The molecule has 6 heteroatoms. The van der Waals surface area contributed by atoms with Crippen molar-refractivity contribution >= 4 is 17.4 Å². The molecule has 1 N–H and O–H groups in total. The Labute approximate surface area is 177 Å². The molecule has 0 spiro atoms. The summed E-state index contributed by atoms with van der Waals surface area (Å²) in [4.78, 5) is 31.4. The fraction of sp³-hybridized carbons (Fsp3) is 0.375. The van der Waals surface area contributed by atoms with Crippen LogP contribution in [0.5, 0.6) is 0 Å². The standard InChI is InChI=1S/C24H28N2O4/c1-15(2)30-13-5-12-26-21(18-8-10-25-11-9-18)20(23(28)24(26)29)22(27)19-7-6-16(3)17(4)14-19/h6-11,14-15,21,27H,5,12-13H2,1-4H3/b22-20-. The molecule has 3 rings (SSSR count). The molecule has 0 radical (unpaired) electrons. The number of hydrogen-bond acceptors (Lipinski definition) is 5. The van der Waals surface area contributed by atoms with Gasteiger partial charge in [-0.05, 0) is 69.0 Å². The maximum Gasteiger partial charge on any atom is 0.295 e. The van der Waals surface area contributed by atoms with Gasteiger partial charge in [-0.15, -0.1) is 0 Å². The van der Waals surface area contributed by atoms with E-state index in [1.54, 1.807) is 30.6 Å². The number of rotatable bonds is 7. The first-order valence-electron chi connectivity index (χ1n) is 10.2. The number of nitrogens with zero attached hydrogens (tertiary/aromatic N) is 2. The Bertz CT molecular complexity index is 966. The maximum absolute atomic E-state index is 13.0. The second-order valence-corrected chi connectivity index (χ2v) is 7.85. The van der Waals surface area contributed by atoms with Gasteiger partial charge in [0.05, 0.1) is 17.7 Å². The molecule has 1 aliphatic heterocycles. The van der Waals surface area contributed by atoms with Gasteiger partial charge in [0.2, 0.25) is 0 Å². The average Bonchev–Trinajstić information content (AvgIpc) is 2.98. The summed E-state index contributed by atoms with van der Waals surface area (Å²) in [7, 11) is 0. The van der Waals surface area contributed by atoms with Gasteiger partial charge in [-0.2, -0.15) is 0 Å². The van der Waals surface area contributed by atoms with Crippen LogP contribution in [0.2, 0.25) is 0 Å². The van der Waals surface area contributed by atoms with Crippen molar-refractivity contribution in [1.29, 1.82) is 0 Å². The van der Waals surface area contributed by atoms with Gasteiger partial charge in [-0.1, -0.05) is 12.1 Å². The Morgan fingerprint density at radius 1 is 1.13 bits per heavy atom. The fourth-order valence-corrected chi connectivity index (χ4v) is 3.60. The number of amides is 1. The number of Topliss-reactive ketones (excluding diaryl/α,β-unsaturated/α-hetero) is 1. The number of aromatic nitrogens is 1. The number of benzene rings is 1. The molecule has 2 heterocycles. The Morgan fingerprint density at radius 3 is 2.47 bits per heavy atom. The first-order valence-corrected chi connectivity index (χ1v) is 10.2. The zero-order valence-corrected chi connectivity index (χ0v) is 17.9. The van der Waals surface area contributed by atoms with Gasteiger partial charge in [0.25, 0.3) is 11.7 Å². The van der Waals surface area contributed by atoms with Gasteiger partial charge in [0.15, 0.2) is 0 Å². The lowest BCUT2D eigenvalue weighted by molar-refractivity contribution is -0.140. The van der Waals surface area contributed by atoms with Crippen molar-refractivity contribution in [2.45, 2.75) is 46.3 Å². The van der Waals surface area contributed by atoms with Crippen molar-refractivity contribution in [1.82, 2.24) is 9.88 Å². The number of ketones is 1. The van der Waals surface area contributed by atoms with E-state index in [1.807, 2.05) is 39.8 Å². The largest absolute Gasteiger partial charge is 0.507 e. The smallest absolute Gasteiger partial charge is 0.295 e. The van der Waals surface area contributed by atoms with Crippen molar-refractivity contribution in [3.8, 4) is 0 Å². The number of aliphatic hydroxyl groups excluding tert-OH is 1. The molecule has 158 valence electrons. The van der Waals surface area contributed by atoms with Crippen molar-refractivity contribution in [2.24, 2.45) is 0 Å². The Balaban J connectivity index is 2.02. The molecule has 1 amide bonds. The molecule has 1 aliphatic rings. The van der Waals surface area contributed by atoms with E-state index in [9.17, 15) is 14.7 Å². The average molecular weight is 408 g/mol. The second kappa shape index (κ2) is 9.22. The van der Waals surface area contributed by atoms with Crippen LogP contribution in [0.25, 0.3) is 5.76 Å². The van der Waals surface area contributed by atoms with Gasteiger partial charge in [0, 0.05) is 31.1 Å². The molecule has 1 saturated heterocycles. The summed E-state index contributed by atoms with van der Waals surface area (Å²) in [6.45, 7) is 8.67. The van der Waals surface area contributed by atoms with Crippen molar-refractivity contribution in [3.63, 3.8) is 0 Å². The van der Waals surface area contributed by atoms with Crippen LogP contribution in [0.3, 0.4) is 0 Å². The number of carbonyl (C=O) groups is 2. The number of aliphatic hydroxyl groups is 1. The predicted octanol–water partition coefficient (Wildman–Crippen LogP) is 3.94. The van der Waals surface area contributed by atoms with Crippen LogP contribution in [-0.2, 0) is 14.3 Å². The number of likely N-dealkylation sites (tertiary alicyclic amines) is 1. The molecule has 0 bridgehead atoms. The fourth-order valence-electron chi connectivity index (χ4n) is 3.60. The van der Waals surface area contributed by atoms with E-state index in [-0.39, 0.29) is 17.4 Å². The minimum Gasteiger partial charge on any atom is -0.507 e. The van der Waals surface area contributed by atoms with Crippen LogP contribution in [0.4, 0.5) is 0 Å². The molecular weight excluding hydrogens is 380 g/mol. The third kappa shape index (κ3) is 4.44. The quantitative estimate of drug-likeness (QED) is 0.325. The lowest BCUT2D eigenvalue weighted by atomic mass is 9.95. The van der Waals surface area contributed by atoms with E-state index in [1.165, 1.54) is 4.90 Å². The SMILES string of the molecule is Cc1ccc(/C(O)=C2/C(=O)C(=O)N(CCCOC(C)C)C2c2ccncc2)cc1C. The van der Waals surface area contributed by atoms with E-state index >= 15 is 0 Å². The van der Waals surface area contributed by atoms with E-state index < -0.39 is 17.7 Å². The van der Waals surface area contributed by atoms with Crippen molar-refractivity contribution in [3.05, 3.63) is 70.6 Å². The molecule has 1 fully saturated rings. The van der Waals surface area contributed by atoms with Crippen LogP contribution < -0.4 is 0 Å². The highest BCUT2D eigenvalue weighted by molar-refractivity contribution is 6.46. The number of carbonyl (C=O) groups excluding carboxylic acids is 2. The molecule has 1 atom stereocenters. The normalized spacial score (nSPS) is 18.4. The lowest BCUT2D eigenvalue weighted by Crippen LogP contribution is -2.31. The number of aryl methyl sites for hydroxylation is 2. The summed E-state index contributed by atoms with van der Waals surface area (Å²) in [6.07, 6.45) is 3.93. The highest BCUT2D eigenvalue weighted by atomic mass is 16.5. The van der Waals surface area contributed by atoms with E-state index in [0.29, 0.717) is 25.1 Å². The zero-order valence-electron chi connectivity index (χ0n) is 17.9. The Morgan fingerprint density at radius 2 is 1.83 bits per heavy atom. The second-order valence-electron chi connectivity index (χ2n) is 7.85. The predicted molar refractivity (Wildman–Crippen MR) is 115 cm³/mol. The van der Waals surface area contributed by atoms with Crippen LogP contribution in [-0.4, -0.2) is 45.9 Å². The van der Waals surface area contributed by atoms with Crippen LogP contribution in [0, 0.1) is 13.8 Å². The Kier molecular flexibility index (Phi) is 6.67. The molecule has 0 saturated carbocycles. The lowest BCUT2D eigenvalue weighted by Gasteiger charge is -2.25.